The van der Waals surface area contributed by atoms with Crippen LogP contribution in [0.1, 0.15) is 17.2 Å². The molecule has 0 amide bonds. The molecule has 0 aliphatic carbocycles. The van der Waals surface area contributed by atoms with E-state index in [9.17, 15) is 9.90 Å². The zero-order chi connectivity index (χ0) is 10.9. The van der Waals surface area contributed by atoms with Gasteiger partial charge >= 0.3 is 5.97 Å². The number of rotatable bonds is 2. The molecule has 0 radical (unpaired) electrons. The summed E-state index contributed by atoms with van der Waals surface area (Å²) in [6.07, 6.45) is -1.57. The van der Waals surface area contributed by atoms with Crippen molar-refractivity contribution >= 4 is 33.5 Å². The fourth-order valence-electron chi connectivity index (χ4n) is 1.03. The predicted molar refractivity (Wildman–Crippen MR) is 56.5 cm³/mol. The lowest BCUT2D eigenvalue weighted by molar-refractivity contribution is -0.146. The van der Waals surface area contributed by atoms with Crippen molar-refractivity contribution in [2.45, 2.75) is 13.0 Å². The second-order valence-electron chi connectivity index (χ2n) is 2.82. The molecule has 0 heterocycles. The summed E-state index contributed by atoms with van der Waals surface area (Å²) < 4.78 is 0.781. The Hall–Kier alpha value is -0.580. The maximum Gasteiger partial charge on any atom is 0.337 e. The van der Waals surface area contributed by atoms with Gasteiger partial charge in [-0.2, -0.15) is 0 Å². The number of carbonyl (C=O) groups is 1. The zero-order valence-electron chi connectivity index (χ0n) is 7.29. The number of aliphatic hydroxyl groups excluding tert-OH is 1. The van der Waals surface area contributed by atoms with E-state index in [4.69, 9.17) is 16.7 Å². The number of hydrogen-bond acceptors (Lipinski definition) is 2. The van der Waals surface area contributed by atoms with Gasteiger partial charge in [-0.05, 0) is 18.6 Å². The van der Waals surface area contributed by atoms with Gasteiger partial charge < -0.3 is 10.2 Å². The van der Waals surface area contributed by atoms with E-state index in [0.29, 0.717) is 5.56 Å². The van der Waals surface area contributed by atoms with Gasteiger partial charge in [0.2, 0.25) is 0 Å². The molecule has 0 aliphatic rings. The molecule has 5 heteroatoms. The third-order valence-corrected chi connectivity index (χ3v) is 3.24. The number of aliphatic carboxylic acids is 1. The predicted octanol–water partition coefficient (Wildman–Crippen LogP) is 2.53. The summed E-state index contributed by atoms with van der Waals surface area (Å²) in [5.74, 6) is -1.31. The molecule has 0 bridgehead atoms. The molecule has 1 aromatic carbocycles. The highest BCUT2D eigenvalue weighted by atomic mass is 79.9. The van der Waals surface area contributed by atoms with Crippen LogP contribution in [0.4, 0.5) is 0 Å². The van der Waals surface area contributed by atoms with Gasteiger partial charge in [-0.3, -0.25) is 0 Å². The molecule has 0 saturated heterocycles. The van der Waals surface area contributed by atoms with E-state index in [2.05, 4.69) is 15.9 Å². The van der Waals surface area contributed by atoms with Crippen LogP contribution in [0, 0.1) is 6.92 Å². The van der Waals surface area contributed by atoms with E-state index in [-0.39, 0.29) is 10.6 Å². The van der Waals surface area contributed by atoms with Crippen molar-refractivity contribution in [3.63, 3.8) is 0 Å². The fraction of sp³-hybridized carbons (Fsp3) is 0.222. The van der Waals surface area contributed by atoms with Crippen LogP contribution in [0.2, 0.25) is 5.02 Å². The van der Waals surface area contributed by atoms with Crippen molar-refractivity contribution in [1.29, 1.82) is 0 Å². The molecule has 2 N–H and O–H groups in total. The SMILES string of the molecule is Cc1c(Br)ccc(C(O)C(=O)O)c1Cl. The molecule has 3 nitrogen and oxygen atoms in total. The highest BCUT2D eigenvalue weighted by molar-refractivity contribution is 9.10. The van der Waals surface area contributed by atoms with Crippen molar-refractivity contribution in [3.05, 3.63) is 32.8 Å². The Bertz CT molecular complexity index is 379. The van der Waals surface area contributed by atoms with Crippen molar-refractivity contribution < 1.29 is 15.0 Å². The first kappa shape index (κ1) is 11.5. The third kappa shape index (κ3) is 2.08. The van der Waals surface area contributed by atoms with Crippen LogP contribution in [0.15, 0.2) is 16.6 Å². The molecule has 0 aromatic heterocycles. The van der Waals surface area contributed by atoms with Crippen molar-refractivity contribution in [2.24, 2.45) is 0 Å². The Labute approximate surface area is 94.4 Å². The normalized spacial score (nSPS) is 12.6. The highest BCUT2D eigenvalue weighted by Crippen LogP contribution is 2.31. The molecule has 1 rings (SSSR count). The smallest absolute Gasteiger partial charge is 0.337 e. The van der Waals surface area contributed by atoms with Gasteiger partial charge in [0.15, 0.2) is 6.10 Å². The molecule has 1 atom stereocenters. The van der Waals surface area contributed by atoms with Gasteiger partial charge in [0.25, 0.3) is 0 Å². The van der Waals surface area contributed by atoms with E-state index < -0.39 is 12.1 Å². The first-order valence-corrected chi connectivity index (χ1v) is 4.97. The van der Waals surface area contributed by atoms with Crippen molar-refractivity contribution in [1.82, 2.24) is 0 Å². The second kappa shape index (κ2) is 4.29. The number of carboxylic acids is 1. The van der Waals surface area contributed by atoms with Gasteiger partial charge in [-0.15, -0.1) is 0 Å². The Morgan fingerprint density at radius 3 is 2.64 bits per heavy atom. The van der Waals surface area contributed by atoms with Crippen LogP contribution >= 0.6 is 27.5 Å². The first-order chi connectivity index (χ1) is 6.45. The average Bonchev–Trinajstić information content (AvgIpc) is 2.13. The lowest BCUT2D eigenvalue weighted by Crippen LogP contribution is -2.11. The minimum absolute atomic E-state index is 0.208. The third-order valence-electron chi connectivity index (χ3n) is 1.88. The average molecular weight is 280 g/mol. The lowest BCUT2D eigenvalue weighted by Gasteiger charge is -2.10. The molecular weight excluding hydrogens is 271 g/mol. The number of halogens is 2. The highest BCUT2D eigenvalue weighted by Gasteiger charge is 2.20. The number of aliphatic hydroxyl groups is 1. The Kier molecular flexibility index (Phi) is 3.53. The molecule has 1 aromatic rings. The van der Waals surface area contributed by atoms with Crippen LogP contribution in [0.25, 0.3) is 0 Å². The summed E-state index contributed by atoms with van der Waals surface area (Å²) in [5.41, 5.74) is 0.921. The van der Waals surface area contributed by atoms with Crippen LogP contribution in [0.3, 0.4) is 0 Å². The van der Waals surface area contributed by atoms with Gasteiger partial charge in [0, 0.05) is 10.0 Å². The summed E-state index contributed by atoms with van der Waals surface area (Å²) >= 11 is 9.14. The van der Waals surface area contributed by atoms with Crippen LogP contribution in [-0.2, 0) is 4.79 Å². The molecular formula is C9H8BrClO3. The van der Waals surface area contributed by atoms with Crippen LogP contribution in [0.5, 0.6) is 0 Å². The standard InChI is InChI=1S/C9H8BrClO3/c1-4-6(10)3-2-5(7(4)11)8(12)9(13)14/h2-3,8,12H,1H3,(H,13,14). The lowest BCUT2D eigenvalue weighted by atomic mass is 10.1. The van der Waals surface area contributed by atoms with E-state index in [1.807, 2.05) is 0 Å². The summed E-state index contributed by atoms with van der Waals surface area (Å²) in [6, 6.07) is 3.14. The molecule has 14 heavy (non-hydrogen) atoms. The molecule has 0 saturated carbocycles. The second-order valence-corrected chi connectivity index (χ2v) is 4.05. The number of carboxylic acid groups (broad SMARTS) is 1. The Balaban J connectivity index is 3.24. The topological polar surface area (TPSA) is 57.5 Å². The summed E-state index contributed by atoms with van der Waals surface area (Å²) in [7, 11) is 0. The number of benzene rings is 1. The fourth-order valence-corrected chi connectivity index (χ4v) is 1.74. The van der Waals surface area contributed by atoms with Crippen LogP contribution < -0.4 is 0 Å². The van der Waals surface area contributed by atoms with E-state index in [1.165, 1.54) is 6.07 Å². The van der Waals surface area contributed by atoms with Gasteiger partial charge in [-0.1, -0.05) is 33.6 Å². The summed E-state index contributed by atoms with van der Waals surface area (Å²) in [4.78, 5) is 10.5. The molecule has 0 aliphatic heterocycles. The number of hydrogen-bond donors (Lipinski definition) is 2. The Morgan fingerprint density at radius 2 is 2.14 bits per heavy atom. The van der Waals surface area contributed by atoms with Gasteiger partial charge in [-0.25, -0.2) is 4.79 Å². The molecule has 0 fully saturated rings. The first-order valence-electron chi connectivity index (χ1n) is 3.80. The van der Waals surface area contributed by atoms with E-state index >= 15 is 0 Å². The van der Waals surface area contributed by atoms with Crippen molar-refractivity contribution in [2.75, 3.05) is 0 Å². The monoisotopic (exact) mass is 278 g/mol. The van der Waals surface area contributed by atoms with E-state index in [1.54, 1.807) is 13.0 Å². The maximum absolute atomic E-state index is 10.5. The van der Waals surface area contributed by atoms with E-state index in [0.717, 1.165) is 4.47 Å². The minimum atomic E-state index is -1.57. The quantitative estimate of drug-likeness (QED) is 0.874. The Morgan fingerprint density at radius 1 is 1.57 bits per heavy atom. The minimum Gasteiger partial charge on any atom is -0.479 e. The summed E-state index contributed by atoms with van der Waals surface area (Å²) in [6.45, 7) is 1.74. The van der Waals surface area contributed by atoms with Gasteiger partial charge in [0.1, 0.15) is 0 Å². The van der Waals surface area contributed by atoms with Crippen LogP contribution in [-0.4, -0.2) is 16.2 Å². The molecule has 0 spiro atoms. The largest absolute Gasteiger partial charge is 0.479 e. The maximum atomic E-state index is 10.5. The summed E-state index contributed by atoms with van der Waals surface area (Å²) in [5, 5.41) is 18.2. The zero-order valence-corrected chi connectivity index (χ0v) is 9.63. The molecule has 1 unspecified atom stereocenters. The van der Waals surface area contributed by atoms with Crippen molar-refractivity contribution in [3.8, 4) is 0 Å². The molecule has 76 valence electrons. The van der Waals surface area contributed by atoms with Gasteiger partial charge in [0.05, 0.1) is 5.02 Å².